The summed E-state index contributed by atoms with van der Waals surface area (Å²) in [4.78, 5) is 12.1. The van der Waals surface area contributed by atoms with E-state index in [1.807, 2.05) is 25.5 Å². The Morgan fingerprint density at radius 3 is 2.67 bits per heavy atom. The Balaban J connectivity index is 2.21. The minimum atomic E-state index is -0.153. The number of aryl methyl sites for hydroxylation is 3. The van der Waals surface area contributed by atoms with Gasteiger partial charge in [0, 0.05) is 19.8 Å². The molecule has 0 atom stereocenters. The molecule has 2 aromatic heterocycles. The monoisotopic (exact) mass is 247 g/mol. The molecule has 1 N–H and O–H groups in total. The van der Waals surface area contributed by atoms with Crippen LogP contribution < -0.4 is 5.32 Å². The zero-order chi connectivity index (χ0) is 13.3. The topological polar surface area (TPSA) is 64.7 Å². The van der Waals surface area contributed by atoms with Gasteiger partial charge in [0.1, 0.15) is 0 Å². The first-order chi connectivity index (χ1) is 8.52. The zero-order valence-electron chi connectivity index (χ0n) is 11.1. The van der Waals surface area contributed by atoms with Crippen LogP contribution in [0.1, 0.15) is 28.7 Å². The van der Waals surface area contributed by atoms with Crippen LogP contribution in [-0.4, -0.2) is 25.5 Å². The average molecular weight is 247 g/mol. The van der Waals surface area contributed by atoms with Crippen LogP contribution in [0.25, 0.3) is 0 Å². The van der Waals surface area contributed by atoms with Gasteiger partial charge in [0.15, 0.2) is 0 Å². The molecule has 0 unspecified atom stereocenters. The lowest BCUT2D eigenvalue weighted by Crippen LogP contribution is -2.13. The first kappa shape index (κ1) is 12.3. The summed E-state index contributed by atoms with van der Waals surface area (Å²) in [5.74, 6) is -0.153. The van der Waals surface area contributed by atoms with E-state index < -0.39 is 0 Å². The molecule has 0 bridgehead atoms. The average Bonchev–Trinajstić information content (AvgIpc) is 2.83. The van der Waals surface area contributed by atoms with Gasteiger partial charge >= 0.3 is 0 Å². The highest BCUT2D eigenvalue weighted by Gasteiger charge is 2.15. The molecule has 0 aliphatic carbocycles. The second-order valence-corrected chi connectivity index (χ2v) is 4.22. The highest BCUT2D eigenvalue weighted by Crippen LogP contribution is 2.15. The van der Waals surface area contributed by atoms with E-state index in [0.29, 0.717) is 5.56 Å². The van der Waals surface area contributed by atoms with Crippen molar-refractivity contribution in [3.8, 4) is 0 Å². The van der Waals surface area contributed by atoms with Gasteiger partial charge in [-0.15, -0.1) is 0 Å². The molecule has 0 fully saturated rings. The molecule has 0 saturated heterocycles. The summed E-state index contributed by atoms with van der Waals surface area (Å²) >= 11 is 0. The van der Waals surface area contributed by atoms with Gasteiger partial charge in [-0.25, -0.2) is 0 Å². The second kappa shape index (κ2) is 4.64. The van der Waals surface area contributed by atoms with Gasteiger partial charge < -0.3 is 5.32 Å². The molecule has 2 heterocycles. The summed E-state index contributed by atoms with van der Waals surface area (Å²) in [6.45, 7) is 6.55. The molecular weight excluding hydrogens is 230 g/mol. The minimum absolute atomic E-state index is 0.153. The predicted molar refractivity (Wildman–Crippen MR) is 68.5 cm³/mol. The molecular formula is C12H17N5O. The van der Waals surface area contributed by atoms with Crippen LogP contribution in [0.4, 0.5) is 5.69 Å². The Morgan fingerprint density at radius 1 is 1.44 bits per heavy atom. The van der Waals surface area contributed by atoms with Gasteiger partial charge in [-0.1, -0.05) is 0 Å². The van der Waals surface area contributed by atoms with Crippen molar-refractivity contribution in [1.29, 1.82) is 0 Å². The number of nitrogens with one attached hydrogen (secondary N) is 1. The molecule has 18 heavy (non-hydrogen) atoms. The van der Waals surface area contributed by atoms with Crippen molar-refractivity contribution in [3.63, 3.8) is 0 Å². The summed E-state index contributed by atoms with van der Waals surface area (Å²) in [6, 6.07) is 0. The Bertz CT molecular complexity index is 581. The third-order valence-electron chi connectivity index (χ3n) is 2.91. The Hall–Kier alpha value is -2.11. The first-order valence-corrected chi connectivity index (χ1v) is 5.87. The third kappa shape index (κ3) is 2.13. The van der Waals surface area contributed by atoms with Crippen LogP contribution >= 0.6 is 0 Å². The van der Waals surface area contributed by atoms with Crippen molar-refractivity contribution < 1.29 is 4.79 Å². The Labute approximate surface area is 106 Å². The number of rotatable bonds is 3. The molecule has 1 amide bonds. The Morgan fingerprint density at radius 2 is 2.17 bits per heavy atom. The van der Waals surface area contributed by atoms with E-state index in [1.165, 1.54) is 0 Å². The molecule has 0 radical (unpaired) electrons. The molecule has 2 rings (SSSR count). The lowest BCUT2D eigenvalue weighted by molar-refractivity contribution is 0.102. The van der Waals surface area contributed by atoms with Gasteiger partial charge in [0.05, 0.1) is 28.8 Å². The van der Waals surface area contributed by atoms with Gasteiger partial charge in [-0.3, -0.25) is 14.2 Å². The molecule has 0 aliphatic rings. The maximum atomic E-state index is 12.1. The number of nitrogens with zero attached hydrogens (tertiary/aromatic N) is 4. The van der Waals surface area contributed by atoms with E-state index in [4.69, 9.17) is 0 Å². The van der Waals surface area contributed by atoms with E-state index >= 15 is 0 Å². The fourth-order valence-electron chi connectivity index (χ4n) is 1.90. The van der Waals surface area contributed by atoms with Crippen LogP contribution in [0.3, 0.4) is 0 Å². The van der Waals surface area contributed by atoms with E-state index in [0.717, 1.165) is 23.6 Å². The standard InChI is InChI=1S/C12H17N5O/c1-5-17-9(3)11(6-13-17)14-12(18)10-7-16(4)15-8(10)2/h6-7H,5H2,1-4H3,(H,14,18). The van der Waals surface area contributed by atoms with Crippen LogP contribution in [0.5, 0.6) is 0 Å². The molecule has 6 nitrogen and oxygen atoms in total. The maximum absolute atomic E-state index is 12.1. The number of amides is 1. The van der Waals surface area contributed by atoms with E-state index in [2.05, 4.69) is 15.5 Å². The number of carbonyl (C=O) groups excluding carboxylic acids is 1. The number of hydrogen-bond donors (Lipinski definition) is 1. The molecule has 2 aromatic rings. The first-order valence-electron chi connectivity index (χ1n) is 5.87. The van der Waals surface area contributed by atoms with Crippen molar-refractivity contribution in [2.24, 2.45) is 7.05 Å². The van der Waals surface area contributed by atoms with Gasteiger partial charge in [-0.2, -0.15) is 10.2 Å². The van der Waals surface area contributed by atoms with Crippen molar-refractivity contribution in [2.45, 2.75) is 27.3 Å². The van der Waals surface area contributed by atoms with E-state index in [9.17, 15) is 4.79 Å². The number of aromatic nitrogens is 4. The van der Waals surface area contributed by atoms with Crippen molar-refractivity contribution in [1.82, 2.24) is 19.6 Å². The molecule has 0 spiro atoms. The summed E-state index contributed by atoms with van der Waals surface area (Å²) in [6.07, 6.45) is 3.38. The molecule has 0 aliphatic heterocycles. The Kier molecular flexibility index (Phi) is 3.18. The van der Waals surface area contributed by atoms with Gasteiger partial charge in [0.2, 0.25) is 0 Å². The normalized spacial score (nSPS) is 10.7. The molecule has 96 valence electrons. The third-order valence-corrected chi connectivity index (χ3v) is 2.91. The highest BCUT2D eigenvalue weighted by atomic mass is 16.1. The quantitative estimate of drug-likeness (QED) is 0.894. The zero-order valence-corrected chi connectivity index (χ0v) is 11.1. The smallest absolute Gasteiger partial charge is 0.259 e. The predicted octanol–water partition coefficient (Wildman–Crippen LogP) is 1.51. The van der Waals surface area contributed by atoms with Crippen molar-refractivity contribution >= 4 is 11.6 Å². The summed E-state index contributed by atoms with van der Waals surface area (Å²) < 4.78 is 3.47. The summed E-state index contributed by atoms with van der Waals surface area (Å²) in [5, 5.41) is 11.2. The van der Waals surface area contributed by atoms with Crippen LogP contribution in [0, 0.1) is 13.8 Å². The molecule has 0 saturated carbocycles. The molecule has 0 aromatic carbocycles. The second-order valence-electron chi connectivity index (χ2n) is 4.22. The fourth-order valence-corrected chi connectivity index (χ4v) is 1.90. The lowest BCUT2D eigenvalue weighted by Gasteiger charge is -2.04. The van der Waals surface area contributed by atoms with Crippen LogP contribution in [0.2, 0.25) is 0 Å². The minimum Gasteiger partial charge on any atom is -0.319 e. The van der Waals surface area contributed by atoms with E-state index in [-0.39, 0.29) is 5.91 Å². The summed E-state index contributed by atoms with van der Waals surface area (Å²) in [7, 11) is 1.80. The largest absolute Gasteiger partial charge is 0.319 e. The highest BCUT2D eigenvalue weighted by molar-refractivity contribution is 6.05. The lowest BCUT2D eigenvalue weighted by atomic mass is 10.2. The van der Waals surface area contributed by atoms with Gasteiger partial charge in [0.25, 0.3) is 5.91 Å². The molecule has 6 heteroatoms. The van der Waals surface area contributed by atoms with Gasteiger partial charge in [-0.05, 0) is 20.8 Å². The SMILES string of the molecule is CCn1ncc(NC(=O)c2cn(C)nc2C)c1C. The number of anilines is 1. The number of carbonyl (C=O) groups is 1. The van der Waals surface area contributed by atoms with Crippen molar-refractivity contribution in [2.75, 3.05) is 5.32 Å². The van der Waals surface area contributed by atoms with Crippen LogP contribution in [0.15, 0.2) is 12.4 Å². The number of hydrogen-bond acceptors (Lipinski definition) is 3. The summed E-state index contributed by atoms with van der Waals surface area (Å²) in [5.41, 5.74) is 2.99. The van der Waals surface area contributed by atoms with Crippen LogP contribution in [-0.2, 0) is 13.6 Å². The van der Waals surface area contributed by atoms with Crippen molar-refractivity contribution in [3.05, 3.63) is 29.3 Å². The fraction of sp³-hybridized carbons (Fsp3) is 0.417. The maximum Gasteiger partial charge on any atom is 0.259 e. The van der Waals surface area contributed by atoms with E-state index in [1.54, 1.807) is 24.1 Å².